The van der Waals surface area contributed by atoms with Gasteiger partial charge in [0.1, 0.15) is 12.4 Å². The van der Waals surface area contributed by atoms with Crippen LogP contribution in [0.4, 0.5) is 22.7 Å². The van der Waals surface area contributed by atoms with Gasteiger partial charge in [-0.05, 0) is 67.8 Å². The molecular formula is C22H28N4O5S. The molecule has 32 heavy (non-hydrogen) atoms. The Bertz CT molecular complexity index is 1020. The summed E-state index contributed by atoms with van der Waals surface area (Å²) >= 11 is 0. The van der Waals surface area contributed by atoms with Gasteiger partial charge in [0.15, 0.2) is 0 Å². The molecule has 10 heteroatoms. The fourth-order valence-corrected chi connectivity index (χ4v) is 4.43. The van der Waals surface area contributed by atoms with Gasteiger partial charge in [0.2, 0.25) is 21.8 Å². The molecule has 0 bridgehead atoms. The molecule has 0 saturated carbocycles. The van der Waals surface area contributed by atoms with E-state index >= 15 is 0 Å². The van der Waals surface area contributed by atoms with Crippen molar-refractivity contribution in [2.24, 2.45) is 0 Å². The van der Waals surface area contributed by atoms with Crippen LogP contribution in [0.3, 0.4) is 0 Å². The van der Waals surface area contributed by atoms with Crippen LogP contribution in [-0.4, -0.2) is 52.8 Å². The third-order valence-corrected chi connectivity index (χ3v) is 6.10. The SMILES string of the molecule is COCC(=O)Nc1ccc(NC(=O)CS(=O)(=O)Nc2ccc(N3CCCCC3)cc2)cc1. The van der Waals surface area contributed by atoms with E-state index in [0.717, 1.165) is 31.6 Å². The van der Waals surface area contributed by atoms with Crippen molar-refractivity contribution >= 4 is 44.6 Å². The smallest absolute Gasteiger partial charge is 0.250 e. The monoisotopic (exact) mass is 460 g/mol. The summed E-state index contributed by atoms with van der Waals surface area (Å²) in [6.45, 7) is 1.95. The maximum absolute atomic E-state index is 12.4. The molecule has 0 aliphatic carbocycles. The molecule has 1 aliphatic heterocycles. The summed E-state index contributed by atoms with van der Waals surface area (Å²) in [5.74, 6) is -1.68. The first kappa shape index (κ1) is 23.6. The minimum absolute atomic E-state index is 0.0651. The number of nitrogens with one attached hydrogen (secondary N) is 3. The zero-order chi connectivity index (χ0) is 23.0. The second kappa shape index (κ2) is 11.0. The number of hydrogen-bond acceptors (Lipinski definition) is 6. The van der Waals surface area contributed by atoms with E-state index in [9.17, 15) is 18.0 Å². The number of nitrogens with zero attached hydrogens (tertiary/aromatic N) is 1. The average Bonchev–Trinajstić information content (AvgIpc) is 2.76. The van der Waals surface area contributed by atoms with Crippen LogP contribution in [-0.2, 0) is 24.3 Å². The van der Waals surface area contributed by atoms with E-state index in [-0.39, 0.29) is 12.5 Å². The van der Waals surface area contributed by atoms with Crippen LogP contribution in [0.1, 0.15) is 19.3 Å². The molecule has 0 aromatic heterocycles. The van der Waals surface area contributed by atoms with Crippen molar-refractivity contribution in [1.82, 2.24) is 0 Å². The largest absolute Gasteiger partial charge is 0.375 e. The molecule has 0 spiro atoms. The van der Waals surface area contributed by atoms with E-state index in [1.54, 1.807) is 36.4 Å². The molecule has 3 N–H and O–H groups in total. The predicted octanol–water partition coefficient (Wildman–Crippen LogP) is 2.64. The van der Waals surface area contributed by atoms with Gasteiger partial charge in [-0.1, -0.05) is 0 Å². The lowest BCUT2D eigenvalue weighted by atomic mass is 10.1. The summed E-state index contributed by atoms with van der Waals surface area (Å²) < 4.78 is 31.9. The van der Waals surface area contributed by atoms with Crippen molar-refractivity contribution in [1.29, 1.82) is 0 Å². The molecule has 0 radical (unpaired) electrons. The molecule has 172 valence electrons. The number of amides is 2. The Morgan fingerprint density at radius 1 is 0.844 bits per heavy atom. The van der Waals surface area contributed by atoms with Gasteiger partial charge in [-0.3, -0.25) is 14.3 Å². The van der Waals surface area contributed by atoms with Crippen molar-refractivity contribution < 1.29 is 22.7 Å². The number of sulfonamides is 1. The minimum atomic E-state index is -3.87. The van der Waals surface area contributed by atoms with Gasteiger partial charge in [0.25, 0.3) is 0 Å². The van der Waals surface area contributed by atoms with Gasteiger partial charge >= 0.3 is 0 Å². The fraction of sp³-hybridized carbons (Fsp3) is 0.364. The van der Waals surface area contributed by atoms with E-state index in [1.807, 2.05) is 12.1 Å². The van der Waals surface area contributed by atoms with Gasteiger partial charge in [-0.25, -0.2) is 8.42 Å². The van der Waals surface area contributed by atoms with Crippen molar-refractivity contribution in [3.8, 4) is 0 Å². The Balaban J connectivity index is 1.51. The first-order chi connectivity index (χ1) is 15.3. The Hall–Kier alpha value is -3.11. The lowest BCUT2D eigenvalue weighted by Crippen LogP contribution is -2.29. The van der Waals surface area contributed by atoms with Crippen molar-refractivity contribution in [2.75, 3.05) is 52.8 Å². The van der Waals surface area contributed by atoms with Crippen molar-refractivity contribution in [3.05, 3.63) is 48.5 Å². The van der Waals surface area contributed by atoms with Crippen LogP contribution >= 0.6 is 0 Å². The van der Waals surface area contributed by atoms with Crippen molar-refractivity contribution in [3.63, 3.8) is 0 Å². The number of piperidine rings is 1. The van der Waals surface area contributed by atoms with Crippen LogP contribution in [0.15, 0.2) is 48.5 Å². The quantitative estimate of drug-likeness (QED) is 0.530. The van der Waals surface area contributed by atoms with Gasteiger partial charge in [0, 0.05) is 42.9 Å². The zero-order valence-electron chi connectivity index (χ0n) is 18.0. The normalized spacial score (nSPS) is 14.0. The Morgan fingerprint density at radius 3 is 1.94 bits per heavy atom. The summed E-state index contributed by atoms with van der Waals surface area (Å²) in [4.78, 5) is 26.0. The zero-order valence-corrected chi connectivity index (χ0v) is 18.8. The molecule has 1 fully saturated rings. The van der Waals surface area contributed by atoms with Crippen LogP contribution in [0.5, 0.6) is 0 Å². The maximum atomic E-state index is 12.4. The highest BCUT2D eigenvalue weighted by molar-refractivity contribution is 7.93. The molecule has 0 atom stereocenters. The fourth-order valence-electron chi connectivity index (χ4n) is 3.44. The molecule has 2 amide bonds. The van der Waals surface area contributed by atoms with Gasteiger partial charge < -0.3 is 20.3 Å². The highest BCUT2D eigenvalue weighted by atomic mass is 32.2. The number of methoxy groups -OCH3 is 1. The number of carbonyl (C=O) groups excluding carboxylic acids is 2. The highest BCUT2D eigenvalue weighted by Gasteiger charge is 2.17. The van der Waals surface area contributed by atoms with E-state index in [0.29, 0.717) is 17.1 Å². The molecule has 1 heterocycles. The summed E-state index contributed by atoms with van der Waals surface area (Å²) in [6.07, 6.45) is 3.56. The van der Waals surface area contributed by atoms with Crippen LogP contribution < -0.4 is 20.3 Å². The van der Waals surface area contributed by atoms with E-state index in [2.05, 4.69) is 20.3 Å². The first-order valence-electron chi connectivity index (χ1n) is 10.4. The van der Waals surface area contributed by atoms with Crippen LogP contribution in [0, 0.1) is 0 Å². The molecule has 2 aromatic rings. The number of rotatable bonds is 9. The molecule has 3 rings (SSSR count). The van der Waals surface area contributed by atoms with Crippen LogP contribution in [0.2, 0.25) is 0 Å². The molecule has 2 aromatic carbocycles. The summed E-state index contributed by atoms with van der Waals surface area (Å²) in [5, 5.41) is 5.17. The predicted molar refractivity (Wildman–Crippen MR) is 125 cm³/mol. The van der Waals surface area contributed by atoms with Gasteiger partial charge in [-0.15, -0.1) is 0 Å². The Labute approximate surface area is 188 Å². The average molecular weight is 461 g/mol. The van der Waals surface area contributed by atoms with Gasteiger partial charge in [0.05, 0.1) is 0 Å². The lowest BCUT2D eigenvalue weighted by molar-refractivity contribution is -0.119. The maximum Gasteiger partial charge on any atom is 0.250 e. The topological polar surface area (TPSA) is 117 Å². The summed E-state index contributed by atoms with van der Waals surface area (Å²) in [6, 6.07) is 13.5. The molecular weight excluding hydrogens is 432 g/mol. The summed E-state index contributed by atoms with van der Waals surface area (Å²) in [7, 11) is -2.45. The third kappa shape index (κ3) is 7.24. The second-order valence-electron chi connectivity index (χ2n) is 7.56. The lowest BCUT2D eigenvalue weighted by Gasteiger charge is -2.28. The summed E-state index contributed by atoms with van der Waals surface area (Å²) in [5.41, 5.74) is 2.43. The standard InChI is InChI=1S/C22H28N4O5S/c1-31-15-21(27)23-17-5-7-18(8-6-17)24-22(28)16-32(29,30)25-19-9-11-20(12-10-19)26-13-3-2-4-14-26/h5-12,25H,2-4,13-16H2,1H3,(H,23,27)(H,24,28). The molecule has 9 nitrogen and oxygen atoms in total. The highest BCUT2D eigenvalue weighted by Crippen LogP contribution is 2.22. The first-order valence-corrected chi connectivity index (χ1v) is 12.0. The number of anilines is 4. The van der Waals surface area contributed by atoms with E-state index < -0.39 is 21.7 Å². The second-order valence-corrected chi connectivity index (χ2v) is 9.28. The number of ether oxygens (including phenoxy) is 1. The van der Waals surface area contributed by atoms with Crippen molar-refractivity contribution in [2.45, 2.75) is 19.3 Å². The Kier molecular flexibility index (Phi) is 8.07. The van der Waals surface area contributed by atoms with E-state index in [1.165, 1.54) is 13.5 Å². The van der Waals surface area contributed by atoms with E-state index in [4.69, 9.17) is 4.74 Å². The Morgan fingerprint density at radius 2 is 1.38 bits per heavy atom. The third-order valence-electron chi connectivity index (χ3n) is 4.91. The molecule has 0 unspecified atom stereocenters. The molecule has 1 saturated heterocycles. The van der Waals surface area contributed by atoms with Gasteiger partial charge in [-0.2, -0.15) is 0 Å². The van der Waals surface area contributed by atoms with Crippen LogP contribution in [0.25, 0.3) is 0 Å². The number of benzene rings is 2. The number of hydrogen-bond donors (Lipinski definition) is 3. The number of carbonyl (C=O) groups is 2. The minimum Gasteiger partial charge on any atom is -0.375 e. The molecule has 1 aliphatic rings.